The van der Waals surface area contributed by atoms with Gasteiger partial charge in [-0.05, 0) is 62.4 Å². The largest absolute Gasteiger partial charge is 0.497 e. The molecule has 3 aliphatic rings. The van der Waals surface area contributed by atoms with Crippen molar-refractivity contribution in [2.75, 3.05) is 38.3 Å². The lowest BCUT2D eigenvalue weighted by Crippen LogP contribution is -2.58. The first-order chi connectivity index (χ1) is 21.7. The summed E-state index contributed by atoms with van der Waals surface area (Å²) in [7, 11) is 1.59. The normalized spacial score (nSPS) is 27.2. The highest BCUT2D eigenvalue weighted by molar-refractivity contribution is 8.02. The van der Waals surface area contributed by atoms with Gasteiger partial charge in [0.05, 0.1) is 36.3 Å². The number of thioether (sulfide) groups is 1. The van der Waals surface area contributed by atoms with Crippen molar-refractivity contribution < 1.29 is 24.2 Å². The van der Waals surface area contributed by atoms with Gasteiger partial charge in [0.15, 0.2) is 0 Å². The number of aliphatic hydroxyl groups excluding tert-OH is 1. The number of hydrogen-bond acceptors (Lipinski definition) is 6. The molecule has 0 aliphatic carbocycles. The molecule has 2 aromatic carbocycles. The number of benzene rings is 2. The summed E-state index contributed by atoms with van der Waals surface area (Å²) in [5, 5.41) is 10.8. The van der Waals surface area contributed by atoms with E-state index in [0.29, 0.717) is 37.4 Å². The Balaban J connectivity index is 1.63. The van der Waals surface area contributed by atoms with Crippen molar-refractivity contribution in [1.82, 2.24) is 9.80 Å². The van der Waals surface area contributed by atoms with Crippen LogP contribution in [-0.2, 0) is 20.8 Å². The molecule has 1 spiro atoms. The minimum absolute atomic E-state index is 0.0542. The first kappa shape index (κ1) is 32.8. The molecule has 2 unspecified atom stereocenters. The van der Waals surface area contributed by atoms with E-state index in [-0.39, 0.29) is 30.9 Å². The van der Waals surface area contributed by atoms with Gasteiger partial charge in [0.2, 0.25) is 11.8 Å². The molecule has 0 aromatic heterocycles. The van der Waals surface area contributed by atoms with Crippen LogP contribution in [0.2, 0.25) is 0 Å². The minimum atomic E-state index is -0.874. The SMILES string of the molecule is C=CCN(CCC)C(=O)[C@H]1[C@H]2C(=O)N([C@@H](CO)Cc3ccccc3)C(C(=O)N(CC=C)c3ccc(OC)cc3)C23CC[C@]1(C)S3. The molecule has 45 heavy (non-hydrogen) atoms. The van der Waals surface area contributed by atoms with E-state index in [1.165, 1.54) is 0 Å². The number of fused-ring (bicyclic) bond motifs is 1. The highest BCUT2D eigenvalue weighted by Gasteiger charge is 2.78. The van der Waals surface area contributed by atoms with Crippen LogP contribution >= 0.6 is 11.8 Å². The van der Waals surface area contributed by atoms with Gasteiger partial charge in [0.1, 0.15) is 11.8 Å². The maximum atomic E-state index is 15.0. The van der Waals surface area contributed by atoms with Crippen LogP contribution in [0.4, 0.5) is 5.69 Å². The third-order valence-electron chi connectivity index (χ3n) is 9.75. The molecule has 2 bridgehead atoms. The number of amides is 3. The standard InChI is InChI=1S/C36H45N3O5S/c1-6-20-37(21-7-2)32(41)29-30-33(42)39(27(24-40)23-25-12-10-9-11-13-25)31(36(30)19-18-35(29,4)45-36)34(43)38(22-8-3)26-14-16-28(44-5)17-15-26/h6,8-17,27,29-31,40H,1,3,7,18-24H2,2,4-5H3/t27-,29-,30+,31?,35+,36?/m1/s1. The molecule has 0 saturated carbocycles. The van der Waals surface area contributed by atoms with E-state index in [4.69, 9.17) is 4.74 Å². The summed E-state index contributed by atoms with van der Waals surface area (Å²) in [5.41, 5.74) is 1.62. The number of anilines is 1. The van der Waals surface area contributed by atoms with Gasteiger partial charge in [-0.2, -0.15) is 0 Å². The maximum absolute atomic E-state index is 15.0. The van der Waals surface area contributed by atoms with Crippen LogP contribution in [0.15, 0.2) is 79.9 Å². The second-order valence-corrected chi connectivity index (χ2v) is 14.4. The molecule has 3 heterocycles. The number of carbonyl (C=O) groups is 3. The number of rotatable bonds is 14. The maximum Gasteiger partial charge on any atom is 0.251 e. The zero-order valence-corrected chi connectivity index (χ0v) is 27.4. The van der Waals surface area contributed by atoms with Gasteiger partial charge >= 0.3 is 0 Å². The summed E-state index contributed by atoms with van der Waals surface area (Å²) in [5.74, 6) is -1.11. The van der Waals surface area contributed by atoms with Crippen molar-refractivity contribution in [3.05, 3.63) is 85.5 Å². The Kier molecular flexibility index (Phi) is 9.80. The highest BCUT2D eigenvalue weighted by Crippen LogP contribution is 2.72. The third kappa shape index (κ3) is 5.69. The summed E-state index contributed by atoms with van der Waals surface area (Å²) < 4.78 is 4.04. The van der Waals surface area contributed by atoms with Crippen molar-refractivity contribution in [3.63, 3.8) is 0 Å². The first-order valence-corrected chi connectivity index (χ1v) is 16.6. The predicted molar refractivity (Wildman–Crippen MR) is 179 cm³/mol. The van der Waals surface area contributed by atoms with E-state index in [0.717, 1.165) is 18.4 Å². The molecule has 8 nitrogen and oxygen atoms in total. The van der Waals surface area contributed by atoms with Gasteiger partial charge in [0, 0.05) is 30.1 Å². The molecular formula is C36H45N3O5S. The van der Waals surface area contributed by atoms with E-state index >= 15 is 4.79 Å². The molecule has 9 heteroatoms. The smallest absolute Gasteiger partial charge is 0.251 e. The van der Waals surface area contributed by atoms with E-state index in [1.807, 2.05) is 49.4 Å². The molecule has 3 amide bonds. The Morgan fingerprint density at radius 2 is 1.78 bits per heavy atom. The Labute approximate surface area is 271 Å². The highest BCUT2D eigenvalue weighted by atomic mass is 32.2. The number of hydrogen-bond donors (Lipinski definition) is 1. The van der Waals surface area contributed by atoms with Gasteiger partial charge in [-0.15, -0.1) is 24.9 Å². The van der Waals surface area contributed by atoms with E-state index < -0.39 is 33.4 Å². The second kappa shape index (κ2) is 13.4. The summed E-state index contributed by atoms with van der Waals surface area (Å²) in [6.07, 6.45) is 5.93. The number of nitrogens with zero attached hydrogens (tertiary/aromatic N) is 3. The average Bonchev–Trinajstić information content (AvgIpc) is 3.63. The molecule has 3 saturated heterocycles. The van der Waals surface area contributed by atoms with Crippen molar-refractivity contribution in [1.29, 1.82) is 0 Å². The lowest BCUT2D eigenvalue weighted by atomic mass is 9.66. The lowest BCUT2D eigenvalue weighted by molar-refractivity contribution is -0.146. The molecular weight excluding hydrogens is 586 g/mol. The minimum Gasteiger partial charge on any atom is -0.497 e. The summed E-state index contributed by atoms with van der Waals surface area (Å²) in [6.45, 7) is 12.8. The first-order valence-electron chi connectivity index (χ1n) is 15.8. The van der Waals surface area contributed by atoms with Gasteiger partial charge in [-0.1, -0.05) is 49.4 Å². The van der Waals surface area contributed by atoms with Gasteiger partial charge in [-0.25, -0.2) is 0 Å². The molecule has 2 aromatic rings. The number of likely N-dealkylation sites (tertiary alicyclic amines) is 1. The van der Waals surface area contributed by atoms with Gasteiger partial charge in [-0.3, -0.25) is 14.4 Å². The predicted octanol–water partition coefficient (Wildman–Crippen LogP) is 4.72. The zero-order valence-electron chi connectivity index (χ0n) is 26.6. The van der Waals surface area contributed by atoms with Crippen LogP contribution in [0.1, 0.15) is 38.7 Å². The van der Waals surface area contributed by atoms with Crippen LogP contribution in [0.25, 0.3) is 0 Å². The fourth-order valence-corrected chi connectivity index (χ4v) is 10.2. The van der Waals surface area contributed by atoms with Crippen molar-refractivity contribution in [2.24, 2.45) is 11.8 Å². The van der Waals surface area contributed by atoms with Crippen molar-refractivity contribution in [2.45, 2.75) is 61.1 Å². The van der Waals surface area contributed by atoms with E-state index in [9.17, 15) is 14.7 Å². The Morgan fingerprint density at radius 3 is 2.38 bits per heavy atom. The molecule has 3 fully saturated rings. The summed E-state index contributed by atoms with van der Waals surface area (Å²) >= 11 is 1.65. The Bertz CT molecular complexity index is 1420. The molecule has 240 valence electrons. The number of carbonyl (C=O) groups excluding carboxylic acids is 3. The molecule has 1 N–H and O–H groups in total. The van der Waals surface area contributed by atoms with Crippen LogP contribution in [-0.4, -0.2) is 87.6 Å². The number of aliphatic hydroxyl groups is 1. The summed E-state index contributed by atoms with van der Waals surface area (Å²) in [6, 6.07) is 15.5. The topological polar surface area (TPSA) is 90.4 Å². The van der Waals surface area contributed by atoms with Crippen molar-refractivity contribution in [3.8, 4) is 5.75 Å². The molecule has 0 radical (unpaired) electrons. The zero-order chi connectivity index (χ0) is 32.4. The van der Waals surface area contributed by atoms with E-state index in [2.05, 4.69) is 20.1 Å². The van der Waals surface area contributed by atoms with Crippen LogP contribution in [0, 0.1) is 11.8 Å². The Morgan fingerprint density at radius 1 is 1.09 bits per heavy atom. The number of ether oxygens (including phenoxy) is 1. The summed E-state index contributed by atoms with van der Waals surface area (Å²) in [4.78, 5) is 49.4. The molecule has 3 aliphatic heterocycles. The van der Waals surface area contributed by atoms with Crippen molar-refractivity contribution >= 4 is 35.2 Å². The lowest BCUT2D eigenvalue weighted by Gasteiger charge is -2.39. The van der Waals surface area contributed by atoms with Gasteiger partial charge in [0.25, 0.3) is 5.91 Å². The fourth-order valence-electron chi connectivity index (χ4n) is 7.82. The molecule has 5 rings (SSSR count). The quantitative estimate of drug-likeness (QED) is 0.304. The third-order valence-corrected chi connectivity index (χ3v) is 11.7. The van der Waals surface area contributed by atoms with Gasteiger partial charge < -0.3 is 24.5 Å². The fraction of sp³-hybridized carbons (Fsp3) is 0.472. The monoisotopic (exact) mass is 631 g/mol. The molecule has 6 atom stereocenters. The van der Waals surface area contributed by atoms with Crippen LogP contribution < -0.4 is 9.64 Å². The van der Waals surface area contributed by atoms with E-state index in [1.54, 1.807) is 57.9 Å². The number of methoxy groups -OCH3 is 1. The van der Waals surface area contributed by atoms with Crippen LogP contribution in [0.3, 0.4) is 0 Å². The Hall–Kier alpha value is -3.56. The second-order valence-electron chi connectivity index (χ2n) is 12.5. The average molecular weight is 632 g/mol. The van der Waals surface area contributed by atoms with Crippen LogP contribution in [0.5, 0.6) is 5.75 Å².